The lowest BCUT2D eigenvalue weighted by atomic mass is 10.1. The van der Waals surface area contributed by atoms with Gasteiger partial charge in [0, 0.05) is 31.7 Å². The van der Waals surface area contributed by atoms with E-state index in [-0.39, 0.29) is 12.5 Å². The summed E-state index contributed by atoms with van der Waals surface area (Å²) in [7, 11) is 1.59. The molecule has 0 bridgehead atoms. The van der Waals surface area contributed by atoms with Gasteiger partial charge in [0.15, 0.2) is 18.1 Å². The van der Waals surface area contributed by atoms with Crippen molar-refractivity contribution in [1.29, 1.82) is 0 Å². The van der Waals surface area contributed by atoms with Crippen LogP contribution in [0.2, 0.25) is 0 Å². The number of carbonyl (C=O) groups excluding carboxylic acids is 1. The number of amidine groups is 1. The zero-order valence-corrected chi connectivity index (χ0v) is 13.9. The average molecular weight is 333 g/mol. The highest BCUT2D eigenvalue weighted by atomic mass is 16.5. The molecule has 0 atom stereocenters. The minimum Gasteiger partial charge on any atom is -0.493 e. The fourth-order valence-corrected chi connectivity index (χ4v) is 2.70. The number of amides is 1. The third kappa shape index (κ3) is 3.97. The Hall–Kier alpha value is -2.28. The first-order chi connectivity index (χ1) is 11.8. The summed E-state index contributed by atoms with van der Waals surface area (Å²) >= 11 is 0. The lowest BCUT2D eigenvalue weighted by molar-refractivity contribution is -0.137. The lowest BCUT2D eigenvalue weighted by Gasteiger charge is -2.26. The molecule has 1 saturated heterocycles. The van der Waals surface area contributed by atoms with Crippen LogP contribution in [0.3, 0.4) is 0 Å². The molecule has 1 aromatic carbocycles. The molecule has 0 unspecified atom stereocenters. The van der Waals surface area contributed by atoms with E-state index in [1.807, 2.05) is 18.2 Å². The van der Waals surface area contributed by atoms with Gasteiger partial charge in [-0.3, -0.25) is 9.79 Å². The molecule has 2 heterocycles. The van der Waals surface area contributed by atoms with Gasteiger partial charge in [0.25, 0.3) is 5.91 Å². The second-order valence-electron chi connectivity index (χ2n) is 5.66. The first kappa shape index (κ1) is 16.6. The standard InChI is InChI=1S/C17H23N3O4/c1-22-15-11-13(17-18-5-2-6-19-17)3-4-14(15)24-12-16(21)20-7-9-23-10-8-20/h3-4,11H,2,5-10,12H2,1H3,(H,18,19). The molecule has 0 saturated carbocycles. The summed E-state index contributed by atoms with van der Waals surface area (Å²) in [5.41, 5.74) is 0.957. The molecule has 2 aliphatic rings. The molecule has 3 rings (SSSR count). The van der Waals surface area contributed by atoms with Crippen LogP contribution < -0.4 is 14.8 Å². The number of nitrogens with one attached hydrogen (secondary N) is 1. The monoisotopic (exact) mass is 333 g/mol. The van der Waals surface area contributed by atoms with Crippen LogP contribution in [-0.2, 0) is 9.53 Å². The van der Waals surface area contributed by atoms with E-state index in [2.05, 4.69) is 10.3 Å². The van der Waals surface area contributed by atoms with Crippen LogP contribution >= 0.6 is 0 Å². The zero-order chi connectivity index (χ0) is 16.8. The fourth-order valence-electron chi connectivity index (χ4n) is 2.70. The number of morpholine rings is 1. The number of methoxy groups -OCH3 is 1. The highest BCUT2D eigenvalue weighted by molar-refractivity contribution is 5.99. The van der Waals surface area contributed by atoms with Crippen molar-refractivity contribution >= 4 is 11.7 Å². The molecule has 1 N–H and O–H groups in total. The van der Waals surface area contributed by atoms with Gasteiger partial charge in [0.05, 0.1) is 20.3 Å². The smallest absolute Gasteiger partial charge is 0.260 e. The van der Waals surface area contributed by atoms with Crippen molar-refractivity contribution in [2.75, 3.05) is 53.1 Å². The van der Waals surface area contributed by atoms with Crippen LogP contribution in [-0.4, -0.2) is 69.8 Å². The number of carbonyl (C=O) groups is 1. The third-order valence-corrected chi connectivity index (χ3v) is 4.05. The summed E-state index contributed by atoms with van der Waals surface area (Å²) < 4.78 is 16.3. The van der Waals surface area contributed by atoms with Crippen molar-refractivity contribution < 1.29 is 19.0 Å². The van der Waals surface area contributed by atoms with Crippen molar-refractivity contribution in [2.24, 2.45) is 4.99 Å². The Morgan fingerprint density at radius 2 is 2.17 bits per heavy atom. The van der Waals surface area contributed by atoms with E-state index in [1.54, 1.807) is 12.0 Å². The molecule has 24 heavy (non-hydrogen) atoms. The fraction of sp³-hybridized carbons (Fsp3) is 0.529. The van der Waals surface area contributed by atoms with Gasteiger partial charge >= 0.3 is 0 Å². The Labute approximate surface area is 141 Å². The molecule has 0 spiro atoms. The molecular weight excluding hydrogens is 310 g/mol. The third-order valence-electron chi connectivity index (χ3n) is 4.05. The van der Waals surface area contributed by atoms with Crippen molar-refractivity contribution in [3.8, 4) is 11.5 Å². The van der Waals surface area contributed by atoms with Crippen LogP contribution in [0.15, 0.2) is 23.2 Å². The summed E-state index contributed by atoms with van der Waals surface area (Å²) in [6.45, 7) is 4.14. The Morgan fingerprint density at radius 1 is 1.33 bits per heavy atom. The summed E-state index contributed by atoms with van der Waals surface area (Å²) in [5, 5.41) is 3.28. The molecule has 0 radical (unpaired) electrons. The summed E-state index contributed by atoms with van der Waals surface area (Å²) in [6.07, 6.45) is 1.05. The Morgan fingerprint density at radius 3 is 2.88 bits per heavy atom. The van der Waals surface area contributed by atoms with Crippen LogP contribution in [0.5, 0.6) is 11.5 Å². The normalized spacial score (nSPS) is 17.7. The van der Waals surface area contributed by atoms with Gasteiger partial charge in [0.1, 0.15) is 5.84 Å². The summed E-state index contributed by atoms with van der Waals surface area (Å²) in [6, 6.07) is 5.62. The second kappa shape index (κ2) is 8.01. The van der Waals surface area contributed by atoms with Crippen molar-refractivity contribution in [3.05, 3.63) is 23.8 Å². The van der Waals surface area contributed by atoms with Gasteiger partial charge in [-0.25, -0.2) is 0 Å². The Balaban J connectivity index is 1.64. The van der Waals surface area contributed by atoms with Gasteiger partial charge in [0.2, 0.25) is 0 Å². The quantitative estimate of drug-likeness (QED) is 0.858. The van der Waals surface area contributed by atoms with E-state index >= 15 is 0 Å². The van der Waals surface area contributed by atoms with Crippen LogP contribution in [0, 0.1) is 0 Å². The Bertz CT molecular complexity index is 612. The van der Waals surface area contributed by atoms with Crippen molar-refractivity contribution in [3.63, 3.8) is 0 Å². The predicted octanol–water partition coefficient (Wildman–Crippen LogP) is 0.673. The minimum absolute atomic E-state index is 0.00506. The first-order valence-electron chi connectivity index (χ1n) is 8.23. The number of benzene rings is 1. The minimum atomic E-state index is -0.0391. The molecule has 130 valence electrons. The Kier molecular flexibility index (Phi) is 5.53. The van der Waals surface area contributed by atoms with Gasteiger partial charge in [-0.1, -0.05) is 0 Å². The highest BCUT2D eigenvalue weighted by Crippen LogP contribution is 2.28. The molecule has 2 aliphatic heterocycles. The van der Waals surface area contributed by atoms with Gasteiger partial charge in [-0.2, -0.15) is 0 Å². The highest BCUT2D eigenvalue weighted by Gasteiger charge is 2.18. The molecule has 0 aromatic heterocycles. The van der Waals surface area contributed by atoms with E-state index in [1.165, 1.54) is 0 Å². The molecule has 7 nitrogen and oxygen atoms in total. The molecular formula is C17H23N3O4. The van der Waals surface area contributed by atoms with E-state index < -0.39 is 0 Å². The van der Waals surface area contributed by atoms with E-state index in [0.29, 0.717) is 37.8 Å². The van der Waals surface area contributed by atoms with Gasteiger partial charge in [-0.15, -0.1) is 0 Å². The van der Waals surface area contributed by atoms with Crippen molar-refractivity contribution in [2.45, 2.75) is 6.42 Å². The number of rotatable bonds is 5. The first-order valence-corrected chi connectivity index (χ1v) is 8.23. The van der Waals surface area contributed by atoms with Crippen LogP contribution in [0.4, 0.5) is 0 Å². The summed E-state index contributed by atoms with van der Waals surface area (Å²) in [5.74, 6) is 1.98. The molecule has 0 aliphatic carbocycles. The van der Waals surface area contributed by atoms with Gasteiger partial charge < -0.3 is 24.4 Å². The van der Waals surface area contributed by atoms with E-state index in [0.717, 1.165) is 30.9 Å². The van der Waals surface area contributed by atoms with Crippen molar-refractivity contribution in [1.82, 2.24) is 10.2 Å². The van der Waals surface area contributed by atoms with Crippen LogP contribution in [0.25, 0.3) is 0 Å². The predicted molar refractivity (Wildman–Crippen MR) is 89.9 cm³/mol. The number of aliphatic imine (C=N–C) groups is 1. The second-order valence-corrected chi connectivity index (χ2v) is 5.66. The van der Waals surface area contributed by atoms with E-state index in [9.17, 15) is 4.79 Å². The molecule has 1 amide bonds. The number of hydrogen-bond acceptors (Lipinski definition) is 6. The largest absolute Gasteiger partial charge is 0.493 e. The topological polar surface area (TPSA) is 72.4 Å². The number of nitrogens with zero attached hydrogens (tertiary/aromatic N) is 2. The maximum Gasteiger partial charge on any atom is 0.260 e. The zero-order valence-electron chi connectivity index (χ0n) is 13.9. The number of ether oxygens (including phenoxy) is 3. The maximum absolute atomic E-state index is 12.2. The SMILES string of the molecule is COc1cc(C2=NCCCN2)ccc1OCC(=O)N1CCOCC1. The van der Waals surface area contributed by atoms with Crippen LogP contribution in [0.1, 0.15) is 12.0 Å². The molecule has 7 heteroatoms. The molecule has 1 aromatic rings. The number of hydrogen-bond donors (Lipinski definition) is 1. The van der Waals surface area contributed by atoms with Gasteiger partial charge in [-0.05, 0) is 24.6 Å². The lowest BCUT2D eigenvalue weighted by Crippen LogP contribution is -2.43. The average Bonchev–Trinajstić information content (AvgIpc) is 2.67. The molecule has 1 fully saturated rings. The summed E-state index contributed by atoms with van der Waals surface area (Å²) in [4.78, 5) is 18.4. The maximum atomic E-state index is 12.2. The van der Waals surface area contributed by atoms with E-state index in [4.69, 9.17) is 14.2 Å².